The van der Waals surface area contributed by atoms with E-state index in [1.54, 1.807) is 4.52 Å². The molecule has 3 aromatic rings. The van der Waals surface area contributed by atoms with E-state index in [-0.39, 0.29) is 18.6 Å². The summed E-state index contributed by atoms with van der Waals surface area (Å²) in [5.41, 5.74) is 2.74. The van der Waals surface area contributed by atoms with E-state index in [0.29, 0.717) is 18.0 Å². The van der Waals surface area contributed by atoms with Crippen molar-refractivity contribution in [2.45, 2.75) is 45.7 Å². The molecule has 0 aliphatic heterocycles. The van der Waals surface area contributed by atoms with Crippen LogP contribution in [0.25, 0.3) is 5.65 Å². The molecule has 0 amide bonds. The summed E-state index contributed by atoms with van der Waals surface area (Å²) in [4.78, 5) is 0. The highest BCUT2D eigenvalue weighted by Crippen LogP contribution is 2.23. The molecule has 0 aliphatic rings. The van der Waals surface area contributed by atoms with Crippen molar-refractivity contribution < 1.29 is 5.11 Å². The van der Waals surface area contributed by atoms with E-state index in [4.69, 9.17) is 0 Å². The fourth-order valence-electron chi connectivity index (χ4n) is 2.74. The van der Waals surface area contributed by atoms with Gasteiger partial charge in [-0.3, -0.25) is 0 Å². The van der Waals surface area contributed by atoms with Gasteiger partial charge >= 0.3 is 0 Å². The number of hydrogen-bond acceptors (Lipinski definition) is 6. The molecule has 0 saturated carbocycles. The van der Waals surface area contributed by atoms with Crippen LogP contribution < -0.4 is 10.6 Å². The van der Waals surface area contributed by atoms with Crippen LogP contribution in [0.3, 0.4) is 0 Å². The number of aromatic nitrogens is 4. The van der Waals surface area contributed by atoms with E-state index in [2.05, 4.69) is 51.9 Å². The van der Waals surface area contributed by atoms with Gasteiger partial charge in [0, 0.05) is 18.5 Å². The fraction of sp³-hybridized carbons (Fsp3) is 0.421. The average molecular weight is 354 g/mol. The van der Waals surface area contributed by atoms with Crippen LogP contribution in [0, 0.1) is 0 Å². The lowest BCUT2D eigenvalue weighted by Crippen LogP contribution is -2.24. The first-order valence-electron chi connectivity index (χ1n) is 9.04. The Hall–Kier alpha value is -2.67. The predicted molar refractivity (Wildman–Crippen MR) is 103 cm³/mol. The summed E-state index contributed by atoms with van der Waals surface area (Å²) >= 11 is 0. The lowest BCUT2D eigenvalue weighted by molar-refractivity contribution is 0.271. The largest absolute Gasteiger partial charge is 0.394 e. The molecule has 1 aromatic carbocycles. The number of fused-ring (bicyclic) bond motifs is 1. The highest BCUT2D eigenvalue weighted by Gasteiger charge is 2.16. The zero-order chi connectivity index (χ0) is 18.5. The number of hydrogen-bond donors (Lipinski definition) is 3. The van der Waals surface area contributed by atoms with Crippen LogP contribution in [0.2, 0.25) is 0 Å². The number of nitrogens with zero attached hydrogens (tertiary/aromatic N) is 4. The third-order valence-corrected chi connectivity index (χ3v) is 4.30. The molecule has 0 unspecified atom stereocenters. The molecule has 0 bridgehead atoms. The van der Waals surface area contributed by atoms with Gasteiger partial charge in [0.05, 0.1) is 18.3 Å². The number of aliphatic hydroxyl groups is 1. The van der Waals surface area contributed by atoms with Crippen LogP contribution in [-0.4, -0.2) is 37.6 Å². The summed E-state index contributed by atoms with van der Waals surface area (Å²) in [6, 6.07) is 12.1. The Morgan fingerprint density at radius 3 is 2.58 bits per heavy atom. The molecule has 0 aliphatic carbocycles. The molecule has 0 fully saturated rings. The van der Waals surface area contributed by atoms with Crippen LogP contribution in [0.4, 0.5) is 11.5 Å². The van der Waals surface area contributed by atoms with Gasteiger partial charge < -0.3 is 15.7 Å². The van der Waals surface area contributed by atoms with Crippen molar-refractivity contribution >= 4 is 17.2 Å². The Kier molecular flexibility index (Phi) is 5.68. The molecule has 7 nitrogen and oxygen atoms in total. The van der Waals surface area contributed by atoms with Crippen molar-refractivity contribution in [1.82, 2.24) is 19.8 Å². The first kappa shape index (κ1) is 18.1. The Balaban J connectivity index is 1.96. The molecule has 3 rings (SSSR count). The van der Waals surface area contributed by atoms with Gasteiger partial charge in [0.2, 0.25) is 5.65 Å². The van der Waals surface area contributed by atoms with Gasteiger partial charge in [-0.05, 0) is 12.0 Å². The molecule has 2 aromatic heterocycles. The van der Waals surface area contributed by atoms with Gasteiger partial charge in [0.1, 0.15) is 5.82 Å². The zero-order valence-corrected chi connectivity index (χ0v) is 15.5. The van der Waals surface area contributed by atoms with Crippen LogP contribution in [0.1, 0.15) is 44.5 Å². The third-order valence-electron chi connectivity index (χ3n) is 4.30. The summed E-state index contributed by atoms with van der Waals surface area (Å²) in [6.45, 7) is 6.90. The summed E-state index contributed by atoms with van der Waals surface area (Å²) in [5.74, 6) is 1.70. The highest BCUT2D eigenvalue weighted by molar-refractivity contribution is 5.70. The van der Waals surface area contributed by atoms with Gasteiger partial charge in [0.15, 0.2) is 5.82 Å². The SMILES string of the molecule is CC[C@H](CO)Nc1cc(NCc2ccccc2)c2nnc(C(C)C)n2n1. The van der Waals surface area contributed by atoms with E-state index in [1.165, 1.54) is 5.56 Å². The predicted octanol–water partition coefficient (Wildman–Crippen LogP) is 3.04. The minimum atomic E-state index is -0.0408. The van der Waals surface area contributed by atoms with Crippen LogP contribution in [-0.2, 0) is 6.54 Å². The maximum atomic E-state index is 9.49. The minimum absolute atomic E-state index is 0.0408. The Morgan fingerprint density at radius 2 is 1.92 bits per heavy atom. The highest BCUT2D eigenvalue weighted by atomic mass is 16.3. The minimum Gasteiger partial charge on any atom is -0.394 e. The van der Waals surface area contributed by atoms with Gasteiger partial charge in [0.25, 0.3) is 0 Å². The molecule has 7 heteroatoms. The maximum absolute atomic E-state index is 9.49. The molecule has 2 heterocycles. The zero-order valence-electron chi connectivity index (χ0n) is 15.5. The monoisotopic (exact) mass is 354 g/mol. The molecular weight excluding hydrogens is 328 g/mol. The first-order chi connectivity index (χ1) is 12.6. The molecule has 0 saturated heterocycles. The Labute approximate surface area is 153 Å². The summed E-state index contributed by atoms with van der Waals surface area (Å²) in [5, 5.41) is 29.5. The summed E-state index contributed by atoms with van der Waals surface area (Å²) < 4.78 is 1.78. The topological polar surface area (TPSA) is 87.4 Å². The second kappa shape index (κ2) is 8.14. The third kappa shape index (κ3) is 3.94. The number of benzene rings is 1. The van der Waals surface area contributed by atoms with Crippen LogP contribution >= 0.6 is 0 Å². The Morgan fingerprint density at radius 1 is 1.15 bits per heavy atom. The molecule has 0 spiro atoms. The molecule has 0 radical (unpaired) electrons. The van der Waals surface area contributed by atoms with Gasteiger partial charge in [-0.25, -0.2) is 0 Å². The average Bonchev–Trinajstić information content (AvgIpc) is 3.09. The van der Waals surface area contributed by atoms with Crippen molar-refractivity contribution in [1.29, 1.82) is 0 Å². The van der Waals surface area contributed by atoms with Crippen molar-refractivity contribution in [3.63, 3.8) is 0 Å². The molecule has 1 atom stereocenters. The van der Waals surface area contributed by atoms with Crippen molar-refractivity contribution in [2.75, 3.05) is 17.2 Å². The number of anilines is 2. The summed E-state index contributed by atoms with van der Waals surface area (Å²) in [6.07, 6.45) is 0.808. The maximum Gasteiger partial charge on any atom is 0.201 e. The number of rotatable bonds is 8. The first-order valence-corrected chi connectivity index (χ1v) is 9.04. The second-order valence-electron chi connectivity index (χ2n) is 6.66. The lowest BCUT2D eigenvalue weighted by atomic mass is 10.2. The van der Waals surface area contributed by atoms with E-state index in [1.807, 2.05) is 31.2 Å². The van der Waals surface area contributed by atoms with Crippen molar-refractivity contribution in [3.05, 3.63) is 47.8 Å². The Bertz CT molecular complexity index is 842. The molecule has 26 heavy (non-hydrogen) atoms. The van der Waals surface area contributed by atoms with E-state index in [9.17, 15) is 5.11 Å². The van der Waals surface area contributed by atoms with Gasteiger partial charge in [-0.15, -0.1) is 15.3 Å². The number of nitrogens with one attached hydrogen (secondary N) is 2. The molecular formula is C19H26N6O. The van der Waals surface area contributed by atoms with Crippen LogP contribution in [0.5, 0.6) is 0 Å². The van der Waals surface area contributed by atoms with E-state index < -0.39 is 0 Å². The van der Waals surface area contributed by atoms with Gasteiger partial charge in [-0.2, -0.15) is 4.52 Å². The quantitative estimate of drug-likeness (QED) is 0.576. The molecule has 138 valence electrons. The van der Waals surface area contributed by atoms with Crippen molar-refractivity contribution in [3.8, 4) is 0 Å². The lowest BCUT2D eigenvalue weighted by Gasteiger charge is -2.16. The fourth-order valence-corrected chi connectivity index (χ4v) is 2.74. The van der Waals surface area contributed by atoms with Crippen LogP contribution in [0.15, 0.2) is 36.4 Å². The van der Waals surface area contributed by atoms with Gasteiger partial charge in [-0.1, -0.05) is 51.1 Å². The standard InChI is InChI=1S/C19H26N6O/c1-4-15(12-26)21-17-10-16(20-11-14-8-6-5-7-9-14)19-23-22-18(13(2)3)25(19)24-17/h5-10,13,15,20,26H,4,11-12H2,1-3H3,(H,21,24)/t15-/m1/s1. The summed E-state index contributed by atoms with van der Waals surface area (Å²) in [7, 11) is 0. The molecule has 3 N–H and O–H groups in total. The second-order valence-corrected chi connectivity index (χ2v) is 6.66. The number of aliphatic hydroxyl groups excluding tert-OH is 1. The smallest absolute Gasteiger partial charge is 0.201 e. The normalized spacial score (nSPS) is 12.5. The van der Waals surface area contributed by atoms with Crippen molar-refractivity contribution in [2.24, 2.45) is 0 Å². The van der Waals surface area contributed by atoms with E-state index in [0.717, 1.165) is 17.9 Å². The van der Waals surface area contributed by atoms with E-state index >= 15 is 0 Å².